The van der Waals surface area contributed by atoms with Gasteiger partial charge in [0.1, 0.15) is 0 Å². The van der Waals surface area contributed by atoms with Gasteiger partial charge in [0.05, 0.1) is 5.25 Å². The lowest BCUT2D eigenvalue weighted by atomic mass is 10.1. The molecule has 0 saturated heterocycles. The van der Waals surface area contributed by atoms with Gasteiger partial charge in [0.25, 0.3) is 0 Å². The number of nitrogens with one attached hydrogen (secondary N) is 1. The van der Waals surface area contributed by atoms with Crippen LogP contribution in [0.1, 0.15) is 38.2 Å². The predicted octanol–water partition coefficient (Wildman–Crippen LogP) is 2.56. The fourth-order valence-electron chi connectivity index (χ4n) is 3.11. The van der Waals surface area contributed by atoms with E-state index in [1.807, 2.05) is 6.07 Å². The first-order valence-electron chi connectivity index (χ1n) is 7.45. The molecule has 1 aliphatic rings. The Morgan fingerprint density at radius 3 is 2.60 bits per heavy atom. The van der Waals surface area contributed by atoms with Gasteiger partial charge in [0.2, 0.25) is 0 Å². The van der Waals surface area contributed by atoms with E-state index in [2.05, 4.69) is 36.5 Å². The van der Waals surface area contributed by atoms with Gasteiger partial charge in [-0.3, -0.25) is 0 Å². The Morgan fingerprint density at radius 2 is 1.95 bits per heavy atom. The van der Waals surface area contributed by atoms with E-state index in [4.69, 9.17) is 0 Å². The third-order valence-corrected chi connectivity index (χ3v) is 5.87. The first-order valence-corrected chi connectivity index (χ1v) is 9.41. The van der Waals surface area contributed by atoms with Crippen molar-refractivity contribution in [1.82, 2.24) is 5.32 Å². The highest BCUT2D eigenvalue weighted by Crippen LogP contribution is 2.25. The quantitative estimate of drug-likeness (QED) is 0.877. The van der Waals surface area contributed by atoms with Crippen LogP contribution in [0.5, 0.6) is 0 Å². The molecule has 0 spiro atoms. The van der Waals surface area contributed by atoms with Crippen LogP contribution in [-0.2, 0) is 16.3 Å². The van der Waals surface area contributed by atoms with Crippen LogP contribution >= 0.6 is 0 Å². The Labute approximate surface area is 122 Å². The zero-order valence-corrected chi connectivity index (χ0v) is 13.2. The first-order chi connectivity index (χ1) is 9.47. The Balaban J connectivity index is 1.84. The molecule has 0 bridgehead atoms. The van der Waals surface area contributed by atoms with E-state index in [-0.39, 0.29) is 11.3 Å². The van der Waals surface area contributed by atoms with E-state index in [0.717, 1.165) is 32.1 Å². The number of benzene rings is 1. The third kappa shape index (κ3) is 4.32. The summed E-state index contributed by atoms with van der Waals surface area (Å²) < 4.78 is 23.5. The summed E-state index contributed by atoms with van der Waals surface area (Å²) in [5.41, 5.74) is 1.34. The zero-order chi connectivity index (χ0) is 14.6. The minimum atomic E-state index is -2.93. The van der Waals surface area contributed by atoms with E-state index in [1.165, 1.54) is 11.8 Å². The Hall–Kier alpha value is -0.870. The molecule has 3 atom stereocenters. The molecule has 0 radical (unpaired) electrons. The maximum atomic E-state index is 11.8. The van der Waals surface area contributed by atoms with Crippen molar-refractivity contribution in [2.45, 2.75) is 56.4 Å². The average Bonchev–Trinajstić information content (AvgIpc) is 2.86. The van der Waals surface area contributed by atoms with E-state index >= 15 is 0 Å². The van der Waals surface area contributed by atoms with Crippen LogP contribution in [0.3, 0.4) is 0 Å². The fraction of sp³-hybridized carbons (Fsp3) is 0.625. The van der Waals surface area contributed by atoms with Gasteiger partial charge in [-0.15, -0.1) is 0 Å². The van der Waals surface area contributed by atoms with Gasteiger partial charge < -0.3 is 5.32 Å². The molecule has 1 N–H and O–H groups in total. The van der Waals surface area contributed by atoms with Crippen LogP contribution in [0, 0.1) is 0 Å². The van der Waals surface area contributed by atoms with Crippen LogP contribution in [0.15, 0.2) is 30.3 Å². The standard InChI is InChI=1S/C16H25NO2S/c1-13(11-12-14-7-4-3-5-8-14)17-15-9-6-10-16(15)20(2,18)19/h3-5,7-8,13,15-17H,6,9-12H2,1-2H3. The van der Waals surface area contributed by atoms with Gasteiger partial charge in [-0.05, 0) is 38.2 Å². The van der Waals surface area contributed by atoms with Crippen molar-refractivity contribution < 1.29 is 8.42 Å². The van der Waals surface area contributed by atoms with Crippen molar-refractivity contribution in [2.75, 3.05) is 6.26 Å². The lowest BCUT2D eigenvalue weighted by Gasteiger charge is -2.24. The summed E-state index contributed by atoms with van der Waals surface area (Å²) in [7, 11) is -2.93. The Bertz CT molecular complexity index is 513. The average molecular weight is 295 g/mol. The van der Waals surface area contributed by atoms with Gasteiger partial charge in [0.15, 0.2) is 9.84 Å². The van der Waals surface area contributed by atoms with Crippen LogP contribution in [0.2, 0.25) is 0 Å². The van der Waals surface area contributed by atoms with Gasteiger partial charge >= 0.3 is 0 Å². The molecule has 20 heavy (non-hydrogen) atoms. The molecule has 3 unspecified atom stereocenters. The molecular weight excluding hydrogens is 270 g/mol. The summed E-state index contributed by atoms with van der Waals surface area (Å²) >= 11 is 0. The lowest BCUT2D eigenvalue weighted by molar-refractivity contribution is 0.429. The highest BCUT2D eigenvalue weighted by atomic mass is 32.2. The normalized spacial score (nSPS) is 24.7. The minimum absolute atomic E-state index is 0.135. The number of hydrogen-bond donors (Lipinski definition) is 1. The molecule has 1 fully saturated rings. The van der Waals surface area contributed by atoms with Crippen LogP contribution in [0.25, 0.3) is 0 Å². The maximum absolute atomic E-state index is 11.8. The molecule has 0 aliphatic heterocycles. The van der Waals surface area contributed by atoms with Gasteiger partial charge in [-0.2, -0.15) is 0 Å². The lowest BCUT2D eigenvalue weighted by Crippen LogP contribution is -2.44. The van der Waals surface area contributed by atoms with Gasteiger partial charge in [-0.1, -0.05) is 36.8 Å². The highest BCUT2D eigenvalue weighted by molar-refractivity contribution is 7.91. The molecule has 1 aromatic rings. The van der Waals surface area contributed by atoms with Crippen molar-refractivity contribution in [2.24, 2.45) is 0 Å². The second-order valence-corrected chi connectivity index (χ2v) is 8.26. The molecule has 112 valence electrons. The van der Waals surface area contributed by atoms with Crippen molar-refractivity contribution >= 4 is 9.84 Å². The van der Waals surface area contributed by atoms with E-state index in [0.29, 0.717) is 6.04 Å². The number of hydrogen-bond acceptors (Lipinski definition) is 3. The predicted molar refractivity (Wildman–Crippen MR) is 83.6 cm³/mol. The highest BCUT2D eigenvalue weighted by Gasteiger charge is 2.35. The largest absolute Gasteiger partial charge is 0.310 e. The molecule has 3 nitrogen and oxygen atoms in total. The van der Waals surface area contributed by atoms with Crippen molar-refractivity contribution in [3.8, 4) is 0 Å². The Morgan fingerprint density at radius 1 is 1.25 bits per heavy atom. The molecule has 2 rings (SSSR count). The smallest absolute Gasteiger partial charge is 0.151 e. The molecule has 0 amide bonds. The maximum Gasteiger partial charge on any atom is 0.151 e. The van der Waals surface area contributed by atoms with Crippen LogP contribution in [0.4, 0.5) is 0 Å². The van der Waals surface area contributed by atoms with Gasteiger partial charge in [0, 0.05) is 18.3 Å². The second-order valence-electron chi connectivity index (χ2n) is 6.00. The van der Waals surface area contributed by atoms with Crippen molar-refractivity contribution in [1.29, 1.82) is 0 Å². The minimum Gasteiger partial charge on any atom is -0.310 e. The number of rotatable bonds is 6. The molecule has 0 aromatic heterocycles. The number of sulfone groups is 1. The van der Waals surface area contributed by atoms with Crippen LogP contribution in [-0.4, -0.2) is 32.0 Å². The fourth-order valence-corrected chi connectivity index (χ4v) is 4.51. The molecular formula is C16H25NO2S. The van der Waals surface area contributed by atoms with E-state index in [9.17, 15) is 8.42 Å². The van der Waals surface area contributed by atoms with Gasteiger partial charge in [-0.25, -0.2) is 8.42 Å². The van der Waals surface area contributed by atoms with E-state index < -0.39 is 9.84 Å². The summed E-state index contributed by atoms with van der Waals surface area (Å²) in [6, 6.07) is 10.9. The summed E-state index contributed by atoms with van der Waals surface area (Å²) in [6.45, 7) is 2.15. The first kappa shape index (κ1) is 15.5. The summed E-state index contributed by atoms with van der Waals surface area (Å²) in [4.78, 5) is 0. The van der Waals surface area contributed by atoms with E-state index in [1.54, 1.807) is 0 Å². The summed E-state index contributed by atoms with van der Waals surface area (Å²) in [5, 5.41) is 3.33. The topological polar surface area (TPSA) is 46.2 Å². The molecule has 1 aliphatic carbocycles. The molecule has 0 heterocycles. The summed E-state index contributed by atoms with van der Waals surface area (Å²) in [6.07, 6.45) is 6.24. The van der Waals surface area contributed by atoms with Crippen molar-refractivity contribution in [3.63, 3.8) is 0 Å². The SMILES string of the molecule is CC(CCc1ccccc1)NC1CCCC1S(C)(=O)=O. The monoisotopic (exact) mass is 295 g/mol. The van der Waals surface area contributed by atoms with Crippen LogP contribution < -0.4 is 5.32 Å². The second kappa shape index (κ2) is 6.72. The Kier molecular flexibility index (Phi) is 5.22. The molecule has 4 heteroatoms. The molecule has 1 saturated carbocycles. The zero-order valence-electron chi connectivity index (χ0n) is 12.4. The number of aryl methyl sites for hydroxylation is 1. The van der Waals surface area contributed by atoms with Crippen molar-refractivity contribution in [3.05, 3.63) is 35.9 Å². The third-order valence-electron chi connectivity index (χ3n) is 4.21. The summed E-state index contributed by atoms with van der Waals surface area (Å²) in [5.74, 6) is 0. The molecule has 1 aromatic carbocycles.